The number of carboxylic acid groups (broad SMARTS) is 1. The molecule has 5 N–H and O–H groups in total. The summed E-state index contributed by atoms with van der Waals surface area (Å²) in [5, 5.41) is 18.2. The van der Waals surface area contributed by atoms with E-state index in [1.54, 1.807) is 12.4 Å². The van der Waals surface area contributed by atoms with Crippen LogP contribution in [0.25, 0.3) is 0 Å². The number of aliphatic carboxylic acids is 1. The van der Waals surface area contributed by atoms with Gasteiger partial charge in [-0.25, -0.2) is 4.98 Å². The van der Waals surface area contributed by atoms with E-state index in [0.29, 0.717) is 56.4 Å². The highest BCUT2D eigenvalue weighted by molar-refractivity contribution is 7.09. The van der Waals surface area contributed by atoms with Crippen LogP contribution in [0.4, 0.5) is 0 Å². The summed E-state index contributed by atoms with van der Waals surface area (Å²) in [4.78, 5) is 56.1. The fourth-order valence-corrected chi connectivity index (χ4v) is 7.52. The third-order valence-electron chi connectivity index (χ3n) is 10.1. The fraction of sp³-hybridized carbons (Fsp3) is 0.675. The average Bonchev–Trinajstić information content (AvgIpc) is 3.61. The van der Waals surface area contributed by atoms with E-state index in [-0.39, 0.29) is 47.9 Å². The number of carbonyl (C=O) groups is 4. The number of aromatic nitrogens is 1. The van der Waals surface area contributed by atoms with Crippen LogP contribution in [-0.2, 0) is 25.5 Å². The molecule has 3 rings (SSSR count). The second-order valence-electron chi connectivity index (χ2n) is 14.5. The zero-order valence-corrected chi connectivity index (χ0v) is 33.8. The second-order valence-corrected chi connectivity index (χ2v) is 15.4. The highest BCUT2D eigenvalue weighted by Crippen LogP contribution is 2.33. The molecule has 0 aliphatic heterocycles. The van der Waals surface area contributed by atoms with Crippen LogP contribution in [0.5, 0.6) is 0 Å². The number of carbonyl (C=O) groups excluding carboxylic acids is 3. The highest BCUT2D eigenvalue weighted by Gasteiger charge is 2.34. The molecule has 12 heteroatoms. The van der Waals surface area contributed by atoms with Crippen LogP contribution >= 0.6 is 11.3 Å². The van der Waals surface area contributed by atoms with Crippen LogP contribution < -0.4 is 16.4 Å². The summed E-state index contributed by atoms with van der Waals surface area (Å²) in [5.74, 6) is -1.04. The molecule has 0 fully saturated rings. The number of carboxylic acids is 1. The number of likely N-dealkylation sites (N-methyl/N-ethyl adjacent to an activating group) is 1. The van der Waals surface area contributed by atoms with Crippen LogP contribution in [0.3, 0.4) is 0 Å². The number of hydrogen-bond donors (Lipinski definition) is 4. The van der Waals surface area contributed by atoms with Crippen LogP contribution in [-0.4, -0.2) is 77.0 Å². The quantitative estimate of drug-likeness (QED) is 0.116. The molecule has 11 nitrogen and oxygen atoms in total. The molecular weight excluding hydrogens is 679 g/mol. The normalized spacial score (nSPS) is 18.2. The molecule has 2 unspecified atom stereocenters. The molecule has 3 amide bonds. The summed E-state index contributed by atoms with van der Waals surface area (Å²) in [5.41, 5.74) is 7.21. The summed E-state index contributed by atoms with van der Waals surface area (Å²) in [6, 6.07) is 7.06. The zero-order chi connectivity index (χ0) is 39.0. The average molecular weight is 744 g/mol. The first-order valence-electron chi connectivity index (χ1n) is 19.2. The van der Waals surface area contributed by atoms with E-state index in [1.165, 1.54) is 11.3 Å². The summed E-state index contributed by atoms with van der Waals surface area (Å²) in [6.07, 6.45) is 5.40. The van der Waals surface area contributed by atoms with Gasteiger partial charge in [0.2, 0.25) is 11.8 Å². The molecule has 1 aliphatic carbocycles. The molecule has 0 radical (unpaired) electrons. The van der Waals surface area contributed by atoms with Gasteiger partial charge in [0.25, 0.3) is 5.91 Å². The van der Waals surface area contributed by atoms with E-state index in [0.717, 1.165) is 41.8 Å². The number of nitrogens with zero attached hydrogens (tertiary/aromatic N) is 2. The molecule has 52 heavy (non-hydrogen) atoms. The number of rotatable bonds is 20. The number of amides is 3. The predicted molar refractivity (Wildman–Crippen MR) is 208 cm³/mol. The van der Waals surface area contributed by atoms with Crippen molar-refractivity contribution in [1.82, 2.24) is 20.5 Å². The Bertz CT molecular complexity index is 1420. The van der Waals surface area contributed by atoms with Gasteiger partial charge in [-0.15, -0.1) is 11.3 Å². The topological polar surface area (TPSA) is 164 Å². The maximum Gasteiger partial charge on any atom is 0.311 e. The minimum absolute atomic E-state index is 0.0141. The maximum atomic E-state index is 13.4. The zero-order valence-electron chi connectivity index (χ0n) is 32.9. The maximum absolute atomic E-state index is 13.4. The molecule has 292 valence electrons. The Kier molecular flexibility index (Phi) is 19.5. The Morgan fingerprint density at radius 2 is 1.75 bits per heavy atom. The number of primary amides is 1. The van der Waals surface area contributed by atoms with Crippen molar-refractivity contribution >= 4 is 35.0 Å². The number of benzene rings is 1. The summed E-state index contributed by atoms with van der Waals surface area (Å²) >= 11 is 1.40. The van der Waals surface area contributed by atoms with Crippen molar-refractivity contribution in [2.75, 3.05) is 20.2 Å². The van der Waals surface area contributed by atoms with Crippen molar-refractivity contribution < 1.29 is 29.0 Å². The van der Waals surface area contributed by atoms with Crippen molar-refractivity contribution in [2.24, 2.45) is 23.5 Å². The van der Waals surface area contributed by atoms with Crippen LogP contribution in [0.1, 0.15) is 139 Å². The molecule has 1 aromatic carbocycles. The molecule has 7 atom stereocenters. The van der Waals surface area contributed by atoms with E-state index < -0.39 is 11.9 Å². The first-order valence-corrected chi connectivity index (χ1v) is 20.0. The van der Waals surface area contributed by atoms with E-state index in [4.69, 9.17) is 15.5 Å². The summed E-state index contributed by atoms with van der Waals surface area (Å²) in [6.45, 7) is 18.0. The lowest BCUT2D eigenvalue weighted by Crippen LogP contribution is -2.45. The minimum atomic E-state index is -0.882. The number of nitrogens with two attached hydrogens (primary N) is 1. The lowest BCUT2D eigenvalue weighted by Gasteiger charge is -2.37. The van der Waals surface area contributed by atoms with Gasteiger partial charge < -0.3 is 31.1 Å². The Morgan fingerprint density at radius 3 is 2.29 bits per heavy atom. The second kappa shape index (κ2) is 22.7. The number of thiazole rings is 1. The molecule has 0 saturated carbocycles. The Hall–Kier alpha value is -3.35. The Labute approximate surface area is 315 Å². The van der Waals surface area contributed by atoms with Gasteiger partial charge in [0.05, 0.1) is 12.0 Å². The van der Waals surface area contributed by atoms with E-state index >= 15 is 0 Å². The number of nitrogens with one attached hydrogen (secondary N) is 2. The highest BCUT2D eigenvalue weighted by atomic mass is 32.1. The first-order chi connectivity index (χ1) is 24.7. The molecule has 0 saturated heterocycles. The number of ether oxygens (including phenoxy) is 1. The third kappa shape index (κ3) is 13.3. The van der Waals surface area contributed by atoms with Gasteiger partial charge >= 0.3 is 5.97 Å². The molecule has 1 heterocycles. The number of hydrogen-bond acceptors (Lipinski definition) is 8. The van der Waals surface area contributed by atoms with Gasteiger partial charge in [0.15, 0.2) is 0 Å². The lowest BCUT2D eigenvalue weighted by atomic mass is 9.80. The summed E-state index contributed by atoms with van der Waals surface area (Å²) in [7, 11) is 1.75. The van der Waals surface area contributed by atoms with E-state index in [2.05, 4.69) is 52.2 Å². The van der Waals surface area contributed by atoms with Gasteiger partial charge in [-0.1, -0.05) is 92.5 Å². The molecule has 1 aromatic heterocycles. The molecule has 0 spiro atoms. The minimum Gasteiger partial charge on any atom is -0.481 e. The van der Waals surface area contributed by atoms with Crippen molar-refractivity contribution in [1.29, 1.82) is 0 Å². The van der Waals surface area contributed by atoms with Gasteiger partial charge in [0.1, 0.15) is 16.8 Å². The lowest BCUT2D eigenvalue weighted by molar-refractivity contribution is -0.139. The summed E-state index contributed by atoms with van der Waals surface area (Å²) < 4.78 is 6.30. The molecule has 2 aromatic rings. The number of fused-ring (bicyclic) bond motifs is 1. The SMILES string of the molecule is CCCO[C@H](CC(C(C)C)N(CCC)C(=O)C[C@@H](C)CC)c1nc(C(=O)N[C@H]2Cc3ccccc3[C@H](C(=O)O)C2)cs1.CC[C@H](C)C(NC)C(N)=O. The van der Waals surface area contributed by atoms with Gasteiger partial charge in [0, 0.05) is 43.5 Å². The predicted octanol–water partition coefficient (Wildman–Crippen LogP) is 6.72. The molecular formula is C40H65N5O6S. The monoisotopic (exact) mass is 743 g/mol. The largest absolute Gasteiger partial charge is 0.481 e. The Morgan fingerprint density at radius 1 is 1.06 bits per heavy atom. The van der Waals surface area contributed by atoms with Crippen molar-refractivity contribution in [3.63, 3.8) is 0 Å². The van der Waals surface area contributed by atoms with Gasteiger partial charge in [-0.2, -0.15) is 0 Å². The van der Waals surface area contributed by atoms with Crippen molar-refractivity contribution in [2.45, 2.75) is 137 Å². The van der Waals surface area contributed by atoms with Crippen LogP contribution in [0, 0.1) is 17.8 Å². The van der Waals surface area contributed by atoms with Crippen LogP contribution in [0.2, 0.25) is 0 Å². The first kappa shape index (κ1) is 44.8. The van der Waals surface area contributed by atoms with Crippen molar-refractivity contribution in [3.8, 4) is 0 Å². The van der Waals surface area contributed by atoms with Gasteiger partial charge in [-0.05, 0) is 61.6 Å². The standard InChI is InChI=1S/C33H49N3O5S.C7H16N2O/c1-7-14-36(30(37)16-22(6)9-3)28(21(4)5)19-29(41-15-8-2)32-35-27(20-42-32)31(38)34-24-17-23-12-10-11-13-25(23)26(18-24)33(39)40;1-4-5(2)6(9-3)7(8)10/h10-13,20-22,24,26,28-29H,7-9,14-19H2,1-6H3,(H,34,38)(H,39,40);5-6,9H,4H2,1-3H3,(H2,8,10)/t22-,24-,26+,28?,29+;5-,6?/m00/s1. The van der Waals surface area contributed by atoms with Crippen LogP contribution in [0.15, 0.2) is 29.6 Å². The molecule has 1 aliphatic rings. The smallest absolute Gasteiger partial charge is 0.311 e. The fourth-order valence-electron chi connectivity index (χ4n) is 6.66. The van der Waals surface area contributed by atoms with Gasteiger partial charge in [-0.3, -0.25) is 19.2 Å². The Balaban J connectivity index is 0.000000815. The van der Waals surface area contributed by atoms with Crippen molar-refractivity contribution in [3.05, 3.63) is 51.5 Å². The third-order valence-corrected chi connectivity index (χ3v) is 11.0. The van der Waals surface area contributed by atoms with E-state index in [9.17, 15) is 24.3 Å². The van der Waals surface area contributed by atoms with E-state index in [1.807, 2.05) is 43.0 Å². The molecule has 0 bridgehead atoms.